The van der Waals surface area contributed by atoms with Crippen LogP contribution in [0.5, 0.6) is 0 Å². The van der Waals surface area contributed by atoms with Crippen molar-refractivity contribution in [3.63, 3.8) is 0 Å². The Bertz CT molecular complexity index is 157. The third kappa shape index (κ3) is 7.24. The van der Waals surface area contributed by atoms with Crippen LogP contribution in [0.15, 0.2) is 0 Å². The Morgan fingerprint density at radius 2 is 1.80 bits per heavy atom. The van der Waals surface area contributed by atoms with Gasteiger partial charge in [-0.05, 0) is 38.9 Å². The fourth-order valence-corrected chi connectivity index (χ4v) is 1.74. The van der Waals surface area contributed by atoms with Crippen molar-refractivity contribution >= 4 is 11.8 Å². The number of thioether (sulfide) groups is 1. The zero-order valence-corrected chi connectivity index (χ0v) is 12.2. The van der Waals surface area contributed by atoms with Crippen LogP contribution in [0.25, 0.3) is 0 Å². The molecule has 0 radical (unpaired) electrons. The minimum absolute atomic E-state index is 0.364. The lowest BCUT2D eigenvalue weighted by atomic mass is 9.97. The third-order valence-corrected chi connectivity index (χ3v) is 4.50. The molecule has 2 heteroatoms. The first-order valence-electron chi connectivity index (χ1n) is 6.23. The second-order valence-electron chi connectivity index (χ2n) is 5.20. The summed E-state index contributed by atoms with van der Waals surface area (Å²) < 4.78 is 0.364. The minimum atomic E-state index is 0.364. The predicted octanol–water partition coefficient (Wildman–Crippen LogP) is 3.93. The molecule has 0 saturated heterocycles. The van der Waals surface area contributed by atoms with Gasteiger partial charge in [0.1, 0.15) is 0 Å². The summed E-state index contributed by atoms with van der Waals surface area (Å²) in [6, 6.07) is 0.700. The lowest BCUT2D eigenvalue weighted by molar-refractivity contribution is 0.376. The Hall–Kier alpha value is 0.310. The molecule has 0 saturated carbocycles. The van der Waals surface area contributed by atoms with E-state index in [1.54, 1.807) is 0 Å². The van der Waals surface area contributed by atoms with Gasteiger partial charge in [0.25, 0.3) is 0 Å². The highest BCUT2D eigenvalue weighted by molar-refractivity contribution is 7.99. The van der Waals surface area contributed by atoms with Gasteiger partial charge >= 0.3 is 0 Å². The molecule has 1 N–H and O–H groups in total. The fourth-order valence-electron chi connectivity index (χ4n) is 1.51. The molecule has 0 aromatic rings. The molecule has 15 heavy (non-hydrogen) atoms. The largest absolute Gasteiger partial charge is 0.313 e. The summed E-state index contributed by atoms with van der Waals surface area (Å²) in [5.41, 5.74) is 0. The summed E-state index contributed by atoms with van der Waals surface area (Å²) in [6.07, 6.45) is 6.05. The highest BCUT2D eigenvalue weighted by Gasteiger charge is 2.18. The first-order chi connectivity index (χ1) is 6.95. The lowest BCUT2D eigenvalue weighted by Gasteiger charge is -2.27. The molecular formula is C13H29NS. The van der Waals surface area contributed by atoms with Gasteiger partial charge in [0.15, 0.2) is 0 Å². The summed E-state index contributed by atoms with van der Waals surface area (Å²) in [7, 11) is 0. The van der Waals surface area contributed by atoms with Crippen LogP contribution in [0.3, 0.4) is 0 Å². The topological polar surface area (TPSA) is 12.0 Å². The van der Waals surface area contributed by atoms with Crippen molar-refractivity contribution in [1.82, 2.24) is 5.32 Å². The van der Waals surface area contributed by atoms with Crippen LogP contribution >= 0.6 is 11.8 Å². The van der Waals surface area contributed by atoms with Crippen molar-refractivity contribution in [1.29, 1.82) is 0 Å². The summed E-state index contributed by atoms with van der Waals surface area (Å²) in [4.78, 5) is 0. The molecule has 0 fully saturated rings. The van der Waals surface area contributed by atoms with E-state index in [2.05, 4.69) is 46.2 Å². The van der Waals surface area contributed by atoms with Crippen molar-refractivity contribution in [2.45, 2.75) is 64.7 Å². The molecule has 0 aliphatic rings. The quantitative estimate of drug-likeness (QED) is 0.679. The maximum Gasteiger partial charge on any atom is 0.0225 e. The van der Waals surface area contributed by atoms with E-state index in [0.717, 1.165) is 12.5 Å². The molecule has 0 aliphatic heterocycles. The van der Waals surface area contributed by atoms with Gasteiger partial charge in [0.05, 0.1) is 0 Å². The molecule has 0 aromatic carbocycles. The van der Waals surface area contributed by atoms with E-state index in [1.807, 2.05) is 11.8 Å². The van der Waals surface area contributed by atoms with E-state index >= 15 is 0 Å². The van der Waals surface area contributed by atoms with Crippen molar-refractivity contribution in [2.24, 2.45) is 5.92 Å². The van der Waals surface area contributed by atoms with Gasteiger partial charge in [-0.25, -0.2) is 0 Å². The Labute approximate surface area is 101 Å². The van der Waals surface area contributed by atoms with E-state index in [4.69, 9.17) is 0 Å². The second kappa shape index (κ2) is 7.56. The van der Waals surface area contributed by atoms with Gasteiger partial charge in [-0.2, -0.15) is 11.8 Å². The van der Waals surface area contributed by atoms with Crippen LogP contribution in [-0.2, 0) is 0 Å². The standard InChI is InChI=1S/C13H29NS/c1-7-11(3)9-12(8-2)14-10-13(4,5)15-6/h11-12,14H,7-10H2,1-6H3. The van der Waals surface area contributed by atoms with Crippen LogP contribution in [0.1, 0.15) is 53.9 Å². The molecule has 0 rings (SSSR count). The maximum absolute atomic E-state index is 3.70. The molecule has 0 bridgehead atoms. The third-order valence-electron chi connectivity index (χ3n) is 3.25. The number of rotatable bonds is 8. The molecule has 0 amide bonds. The van der Waals surface area contributed by atoms with Crippen LogP contribution in [-0.4, -0.2) is 23.6 Å². The van der Waals surface area contributed by atoms with E-state index in [-0.39, 0.29) is 0 Å². The molecular weight excluding hydrogens is 202 g/mol. The van der Waals surface area contributed by atoms with Crippen molar-refractivity contribution in [3.8, 4) is 0 Å². The monoisotopic (exact) mass is 231 g/mol. The zero-order valence-electron chi connectivity index (χ0n) is 11.4. The van der Waals surface area contributed by atoms with Gasteiger partial charge in [-0.1, -0.05) is 27.2 Å². The molecule has 0 spiro atoms. The van der Waals surface area contributed by atoms with E-state index in [0.29, 0.717) is 10.8 Å². The van der Waals surface area contributed by atoms with Crippen molar-refractivity contribution in [2.75, 3.05) is 12.8 Å². The lowest BCUT2D eigenvalue weighted by Crippen LogP contribution is -2.39. The van der Waals surface area contributed by atoms with Crippen LogP contribution in [0.2, 0.25) is 0 Å². The Morgan fingerprint density at radius 1 is 1.20 bits per heavy atom. The number of hydrogen-bond acceptors (Lipinski definition) is 2. The molecule has 2 atom stereocenters. The first-order valence-corrected chi connectivity index (χ1v) is 7.46. The predicted molar refractivity (Wildman–Crippen MR) is 73.7 cm³/mol. The van der Waals surface area contributed by atoms with Gasteiger partial charge in [0.2, 0.25) is 0 Å². The molecule has 0 aromatic heterocycles. The first kappa shape index (κ1) is 15.3. The average Bonchev–Trinajstić information content (AvgIpc) is 2.23. The van der Waals surface area contributed by atoms with Crippen LogP contribution in [0.4, 0.5) is 0 Å². The fraction of sp³-hybridized carbons (Fsp3) is 1.00. The Kier molecular flexibility index (Phi) is 7.72. The van der Waals surface area contributed by atoms with Crippen molar-refractivity contribution in [3.05, 3.63) is 0 Å². The van der Waals surface area contributed by atoms with Crippen LogP contribution < -0.4 is 5.32 Å². The highest BCUT2D eigenvalue weighted by atomic mass is 32.2. The van der Waals surface area contributed by atoms with Gasteiger partial charge < -0.3 is 5.32 Å². The van der Waals surface area contributed by atoms with Gasteiger partial charge in [0, 0.05) is 17.3 Å². The van der Waals surface area contributed by atoms with Crippen molar-refractivity contribution < 1.29 is 0 Å². The summed E-state index contributed by atoms with van der Waals surface area (Å²) >= 11 is 1.94. The summed E-state index contributed by atoms with van der Waals surface area (Å²) in [6.45, 7) is 12.6. The Balaban J connectivity index is 3.89. The van der Waals surface area contributed by atoms with Gasteiger partial charge in [-0.15, -0.1) is 0 Å². The number of hydrogen-bond donors (Lipinski definition) is 1. The smallest absolute Gasteiger partial charge is 0.0225 e. The minimum Gasteiger partial charge on any atom is -0.313 e. The maximum atomic E-state index is 3.70. The summed E-state index contributed by atoms with van der Waals surface area (Å²) in [5.74, 6) is 0.847. The zero-order chi connectivity index (χ0) is 11.9. The molecule has 0 heterocycles. The van der Waals surface area contributed by atoms with E-state index in [1.165, 1.54) is 19.3 Å². The second-order valence-corrected chi connectivity index (χ2v) is 6.71. The summed E-state index contributed by atoms with van der Waals surface area (Å²) in [5, 5.41) is 3.70. The van der Waals surface area contributed by atoms with Crippen LogP contribution in [0, 0.1) is 5.92 Å². The normalized spacial score (nSPS) is 16.4. The molecule has 2 unspecified atom stereocenters. The van der Waals surface area contributed by atoms with E-state index < -0.39 is 0 Å². The molecule has 92 valence electrons. The SMILES string of the molecule is CCC(C)CC(CC)NCC(C)(C)SC. The molecule has 0 aliphatic carbocycles. The van der Waals surface area contributed by atoms with Gasteiger partial charge in [-0.3, -0.25) is 0 Å². The highest BCUT2D eigenvalue weighted by Crippen LogP contribution is 2.21. The molecule has 1 nitrogen and oxygen atoms in total. The van der Waals surface area contributed by atoms with E-state index in [9.17, 15) is 0 Å². The number of nitrogens with one attached hydrogen (secondary N) is 1. The Morgan fingerprint density at radius 3 is 2.20 bits per heavy atom. The average molecular weight is 231 g/mol.